The summed E-state index contributed by atoms with van der Waals surface area (Å²) in [5.74, 6) is 0. The number of furan rings is 1. The molecule has 0 amide bonds. The van der Waals surface area contributed by atoms with Crippen molar-refractivity contribution in [2.75, 3.05) is 4.90 Å². The van der Waals surface area contributed by atoms with Crippen LogP contribution in [0.4, 0.5) is 17.1 Å². The lowest BCUT2D eigenvalue weighted by Gasteiger charge is -2.30. The molecule has 0 saturated carbocycles. The van der Waals surface area contributed by atoms with Crippen LogP contribution < -0.4 is 4.90 Å². The van der Waals surface area contributed by atoms with Crippen molar-refractivity contribution in [2.24, 2.45) is 0 Å². The van der Waals surface area contributed by atoms with E-state index >= 15 is 0 Å². The fraction of sp³-hybridized carbons (Fsp3) is 0.0566. The highest BCUT2D eigenvalue weighted by molar-refractivity contribution is 6.13. The Kier molecular flexibility index (Phi) is 6.93. The summed E-state index contributed by atoms with van der Waals surface area (Å²) in [6.45, 7) is 4.77. The van der Waals surface area contributed by atoms with Crippen LogP contribution in [0.2, 0.25) is 0 Å². The summed E-state index contributed by atoms with van der Waals surface area (Å²) in [4.78, 5) is 2.44. The number of anilines is 3. The van der Waals surface area contributed by atoms with E-state index in [1.807, 2.05) is 12.1 Å². The summed E-state index contributed by atoms with van der Waals surface area (Å²) in [5.41, 5.74) is 15.3. The molecular weight excluding hydrogens is 667 g/mol. The number of para-hydroxylation sites is 2. The van der Waals surface area contributed by atoms with Crippen molar-refractivity contribution in [3.05, 3.63) is 199 Å². The number of benzene rings is 9. The highest BCUT2D eigenvalue weighted by Crippen LogP contribution is 2.56. The Morgan fingerprint density at radius 1 is 0.418 bits per heavy atom. The van der Waals surface area contributed by atoms with Gasteiger partial charge < -0.3 is 9.32 Å². The van der Waals surface area contributed by atoms with Crippen molar-refractivity contribution >= 4 is 60.5 Å². The van der Waals surface area contributed by atoms with E-state index < -0.39 is 0 Å². The van der Waals surface area contributed by atoms with Crippen LogP contribution in [0.15, 0.2) is 192 Å². The average Bonchev–Trinajstić information content (AvgIpc) is 3.73. The van der Waals surface area contributed by atoms with E-state index in [9.17, 15) is 0 Å². The van der Waals surface area contributed by atoms with Crippen LogP contribution >= 0.6 is 0 Å². The van der Waals surface area contributed by atoms with Crippen LogP contribution in [-0.2, 0) is 5.41 Å². The molecule has 1 aliphatic carbocycles. The molecule has 11 rings (SSSR count). The lowest BCUT2D eigenvalue weighted by molar-refractivity contribution is 0.666. The second kappa shape index (κ2) is 12.1. The minimum absolute atomic E-state index is 0.134. The Morgan fingerprint density at radius 2 is 1.07 bits per heavy atom. The Balaban J connectivity index is 1.20. The molecule has 260 valence electrons. The van der Waals surface area contributed by atoms with E-state index in [0.717, 1.165) is 39.0 Å². The first kappa shape index (κ1) is 31.6. The van der Waals surface area contributed by atoms with Gasteiger partial charge in [0.05, 0.1) is 11.4 Å². The molecule has 0 saturated heterocycles. The van der Waals surface area contributed by atoms with Gasteiger partial charge in [-0.2, -0.15) is 0 Å². The van der Waals surface area contributed by atoms with Crippen molar-refractivity contribution in [3.63, 3.8) is 0 Å². The highest BCUT2D eigenvalue weighted by atomic mass is 16.3. The zero-order valence-corrected chi connectivity index (χ0v) is 30.8. The lowest BCUT2D eigenvalue weighted by Crippen LogP contribution is -2.15. The Hall–Kier alpha value is -6.90. The van der Waals surface area contributed by atoms with Gasteiger partial charge >= 0.3 is 0 Å². The van der Waals surface area contributed by atoms with Crippen LogP contribution in [0.25, 0.3) is 76.9 Å². The maximum atomic E-state index is 6.31. The predicted molar refractivity (Wildman–Crippen MR) is 232 cm³/mol. The number of hydrogen-bond donors (Lipinski definition) is 0. The topological polar surface area (TPSA) is 16.4 Å². The third-order valence-electron chi connectivity index (χ3n) is 11.8. The minimum atomic E-state index is -0.134. The van der Waals surface area contributed by atoms with E-state index in [0.29, 0.717) is 0 Å². The van der Waals surface area contributed by atoms with Gasteiger partial charge in [-0.3, -0.25) is 0 Å². The summed E-state index contributed by atoms with van der Waals surface area (Å²) < 4.78 is 6.31. The van der Waals surface area contributed by atoms with Crippen LogP contribution in [0.1, 0.15) is 25.0 Å². The van der Waals surface area contributed by atoms with Gasteiger partial charge in [0.2, 0.25) is 0 Å². The molecule has 55 heavy (non-hydrogen) atoms. The molecule has 0 unspecified atom stereocenters. The van der Waals surface area contributed by atoms with Crippen molar-refractivity contribution in [1.29, 1.82) is 0 Å². The molecule has 0 radical (unpaired) electrons. The largest absolute Gasteiger partial charge is 0.456 e. The summed E-state index contributed by atoms with van der Waals surface area (Å²) in [7, 11) is 0. The first-order valence-corrected chi connectivity index (χ1v) is 19.1. The van der Waals surface area contributed by atoms with Crippen molar-refractivity contribution < 1.29 is 4.42 Å². The third kappa shape index (κ3) is 4.74. The van der Waals surface area contributed by atoms with Gasteiger partial charge in [-0.1, -0.05) is 159 Å². The number of nitrogens with zero attached hydrogens (tertiary/aromatic N) is 1. The molecule has 1 aliphatic rings. The van der Waals surface area contributed by atoms with Crippen LogP contribution in [-0.4, -0.2) is 0 Å². The quantitative estimate of drug-likeness (QED) is 0.177. The predicted octanol–water partition coefficient (Wildman–Crippen LogP) is 15.0. The van der Waals surface area contributed by atoms with Crippen molar-refractivity contribution in [1.82, 2.24) is 0 Å². The maximum absolute atomic E-state index is 6.31. The van der Waals surface area contributed by atoms with Crippen LogP contribution in [0.3, 0.4) is 0 Å². The van der Waals surface area contributed by atoms with E-state index in [1.165, 1.54) is 66.1 Å². The zero-order valence-electron chi connectivity index (χ0n) is 30.8. The van der Waals surface area contributed by atoms with Crippen LogP contribution in [0, 0.1) is 0 Å². The van der Waals surface area contributed by atoms with Gasteiger partial charge in [-0.15, -0.1) is 0 Å². The lowest BCUT2D eigenvalue weighted by atomic mass is 9.79. The molecule has 9 aromatic carbocycles. The number of rotatable bonds is 5. The van der Waals surface area contributed by atoms with E-state index in [-0.39, 0.29) is 5.41 Å². The SMILES string of the molecule is CC1(C)c2ccccc2-c2c(-c3ccc(N(c4ccc5oc6ccccc6c5c4)c4ccccc4-c4ccccc4)c4ccccc34)cc3ccccc3c21. The summed E-state index contributed by atoms with van der Waals surface area (Å²) in [6, 6.07) is 68.4. The molecule has 0 atom stereocenters. The molecule has 2 nitrogen and oxygen atoms in total. The fourth-order valence-electron chi connectivity index (χ4n) is 9.37. The van der Waals surface area contributed by atoms with Gasteiger partial charge in [0.15, 0.2) is 0 Å². The van der Waals surface area contributed by atoms with Gasteiger partial charge in [-0.25, -0.2) is 0 Å². The van der Waals surface area contributed by atoms with Gasteiger partial charge in [-0.05, 0) is 97.6 Å². The van der Waals surface area contributed by atoms with Crippen molar-refractivity contribution in [3.8, 4) is 33.4 Å². The molecule has 0 spiro atoms. The standard InChI is InChI=1S/C53H37NO/c1-53(2)46-25-13-10-24-43(46)51-45(32-35-18-6-7-20-38(35)52(51)53)40-29-30-48(41-22-9-8-21-39(40)41)54(47-26-14-11-19-37(47)34-16-4-3-5-17-34)36-28-31-50-44(33-36)42-23-12-15-27-49(42)55-50/h3-33H,1-2H3. The molecule has 10 aromatic rings. The molecule has 0 fully saturated rings. The smallest absolute Gasteiger partial charge is 0.135 e. The molecule has 0 aliphatic heterocycles. The van der Waals surface area contributed by atoms with Gasteiger partial charge in [0.25, 0.3) is 0 Å². The Bertz CT molecular complexity index is 3130. The van der Waals surface area contributed by atoms with E-state index in [2.05, 4.69) is 195 Å². The summed E-state index contributed by atoms with van der Waals surface area (Å²) in [5, 5.41) is 7.22. The first-order chi connectivity index (χ1) is 27.1. The second-order valence-electron chi connectivity index (χ2n) is 15.2. The molecule has 2 heteroatoms. The normalized spacial score (nSPS) is 13.1. The monoisotopic (exact) mass is 703 g/mol. The summed E-state index contributed by atoms with van der Waals surface area (Å²) >= 11 is 0. The first-order valence-electron chi connectivity index (χ1n) is 19.1. The Morgan fingerprint density at radius 3 is 1.93 bits per heavy atom. The molecule has 1 heterocycles. The Labute approximate surface area is 320 Å². The maximum Gasteiger partial charge on any atom is 0.135 e. The average molecular weight is 704 g/mol. The fourth-order valence-corrected chi connectivity index (χ4v) is 9.37. The van der Waals surface area contributed by atoms with Crippen LogP contribution in [0.5, 0.6) is 0 Å². The van der Waals surface area contributed by atoms with Crippen molar-refractivity contribution in [2.45, 2.75) is 19.3 Å². The van der Waals surface area contributed by atoms with Gasteiger partial charge in [0.1, 0.15) is 11.2 Å². The van der Waals surface area contributed by atoms with Gasteiger partial charge in [0, 0.05) is 32.8 Å². The third-order valence-corrected chi connectivity index (χ3v) is 11.8. The number of hydrogen-bond acceptors (Lipinski definition) is 2. The summed E-state index contributed by atoms with van der Waals surface area (Å²) in [6.07, 6.45) is 0. The molecule has 0 bridgehead atoms. The van der Waals surface area contributed by atoms with E-state index in [4.69, 9.17) is 4.42 Å². The molecular formula is C53H37NO. The molecule has 0 N–H and O–H groups in total. The second-order valence-corrected chi connectivity index (χ2v) is 15.2. The van der Waals surface area contributed by atoms with E-state index in [1.54, 1.807) is 0 Å². The number of fused-ring (bicyclic) bond motifs is 9. The minimum Gasteiger partial charge on any atom is -0.456 e. The zero-order chi connectivity index (χ0) is 36.7. The highest BCUT2D eigenvalue weighted by Gasteiger charge is 2.38. The molecule has 1 aromatic heterocycles.